The van der Waals surface area contributed by atoms with Gasteiger partial charge in [-0.2, -0.15) is 5.10 Å². The van der Waals surface area contributed by atoms with Crippen LogP contribution in [-0.4, -0.2) is 35.8 Å². The van der Waals surface area contributed by atoms with Gasteiger partial charge >= 0.3 is 0 Å². The lowest BCUT2D eigenvalue weighted by Gasteiger charge is -2.13. The van der Waals surface area contributed by atoms with Gasteiger partial charge in [0.15, 0.2) is 0 Å². The maximum atomic E-state index is 12.2. The van der Waals surface area contributed by atoms with E-state index in [1.807, 2.05) is 76.2 Å². The van der Waals surface area contributed by atoms with E-state index in [9.17, 15) is 4.79 Å². The van der Waals surface area contributed by atoms with Crippen LogP contribution in [0.2, 0.25) is 0 Å². The van der Waals surface area contributed by atoms with Crippen LogP contribution in [0.3, 0.4) is 0 Å². The van der Waals surface area contributed by atoms with Gasteiger partial charge in [0.05, 0.1) is 6.20 Å². The Hall–Kier alpha value is -3.54. The number of aryl methyl sites for hydroxylation is 1. The van der Waals surface area contributed by atoms with Gasteiger partial charge in [-0.3, -0.25) is 4.79 Å². The van der Waals surface area contributed by atoms with Crippen LogP contribution in [-0.2, 0) is 6.42 Å². The maximum absolute atomic E-state index is 12.2. The Morgan fingerprint density at radius 1 is 1.03 bits per heavy atom. The normalized spacial score (nSPS) is 13.2. The monoisotopic (exact) mass is 489 g/mol. The number of carbonyl (C=O) groups is 1. The molecule has 0 unspecified atom stereocenters. The molecule has 0 saturated heterocycles. The van der Waals surface area contributed by atoms with E-state index in [2.05, 4.69) is 41.6 Å². The third-order valence-electron chi connectivity index (χ3n) is 6.15. The van der Waals surface area contributed by atoms with Crippen LogP contribution in [0.4, 0.5) is 5.82 Å². The van der Waals surface area contributed by atoms with Gasteiger partial charge in [0.25, 0.3) is 5.91 Å². The molecule has 3 N–H and O–H groups in total. The Labute approximate surface area is 217 Å². The predicted octanol–water partition coefficient (Wildman–Crippen LogP) is 6.34. The van der Waals surface area contributed by atoms with Gasteiger partial charge < -0.3 is 16.0 Å². The summed E-state index contributed by atoms with van der Waals surface area (Å²) in [5.41, 5.74) is 10.2. The van der Waals surface area contributed by atoms with E-state index in [-0.39, 0.29) is 5.91 Å². The summed E-state index contributed by atoms with van der Waals surface area (Å²) in [4.78, 5) is 14.2. The van der Waals surface area contributed by atoms with Crippen molar-refractivity contribution < 1.29 is 4.79 Å². The third kappa shape index (κ3) is 8.01. The fourth-order valence-corrected chi connectivity index (χ4v) is 4.04. The smallest absolute Gasteiger partial charge is 0.251 e. The highest BCUT2D eigenvalue weighted by Crippen LogP contribution is 2.22. The molecule has 36 heavy (non-hydrogen) atoms. The molecule has 6 heteroatoms. The van der Waals surface area contributed by atoms with Crippen molar-refractivity contribution in [2.75, 3.05) is 19.0 Å². The average Bonchev–Trinajstić information content (AvgIpc) is 3.63. The number of carbonyl (C=O) groups excluding carboxylic acids is 1. The molecule has 1 aliphatic rings. The Balaban J connectivity index is 0.000000277. The van der Waals surface area contributed by atoms with E-state index in [0.29, 0.717) is 11.9 Å². The van der Waals surface area contributed by atoms with Crippen molar-refractivity contribution in [3.05, 3.63) is 78.0 Å². The van der Waals surface area contributed by atoms with Crippen LogP contribution in [0.15, 0.2) is 66.9 Å². The summed E-state index contributed by atoms with van der Waals surface area (Å²) in [6, 6.07) is 18.8. The van der Waals surface area contributed by atoms with Gasteiger partial charge in [-0.15, -0.1) is 0 Å². The number of nitrogens with zero attached hydrogens (tertiary/aromatic N) is 3. The Morgan fingerprint density at radius 3 is 2.08 bits per heavy atom. The molecular formula is C30H43N5O. The van der Waals surface area contributed by atoms with E-state index in [0.717, 1.165) is 36.2 Å². The molecule has 0 radical (unpaired) electrons. The van der Waals surface area contributed by atoms with Crippen molar-refractivity contribution in [3.8, 4) is 11.1 Å². The summed E-state index contributed by atoms with van der Waals surface area (Å²) in [7, 11) is 3.91. The van der Waals surface area contributed by atoms with Crippen molar-refractivity contribution >= 4 is 17.5 Å². The number of hydrogen-bond acceptors (Lipinski definition) is 4. The zero-order valence-electron chi connectivity index (χ0n) is 22.8. The minimum absolute atomic E-state index is 0.0554. The van der Waals surface area contributed by atoms with E-state index in [4.69, 9.17) is 5.73 Å². The van der Waals surface area contributed by atoms with Crippen molar-refractivity contribution in [2.24, 2.45) is 5.73 Å². The maximum Gasteiger partial charge on any atom is 0.251 e. The van der Waals surface area contributed by atoms with Gasteiger partial charge in [0, 0.05) is 31.8 Å². The lowest BCUT2D eigenvalue weighted by atomic mass is 10.0. The summed E-state index contributed by atoms with van der Waals surface area (Å²) in [6.07, 6.45) is 9.31. The highest BCUT2D eigenvalue weighted by Gasteiger charge is 2.17. The predicted molar refractivity (Wildman–Crippen MR) is 153 cm³/mol. The standard InChI is InChI=1S/C20H23NO.C8H14N4.C2H6/c1-2-15-7-9-16(10-8-15)17-11-13-18(14-12-17)20(22)21-19-5-3-4-6-19;1-4-7(9)12-8(11(2)3)5-6-10-12;1-2/h7-14,19H,2-6H2,1H3,(H,21,22);4-6H,9H2,1-3H3;1-2H3/b;7-4-;. The van der Waals surface area contributed by atoms with Crippen LogP contribution in [0, 0.1) is 0 Å². The molecule has 0 bridgehead atoms. The molecule has 194 valence electrons. The number of nitrogens with one attached hydrogen (secondary N) is 1. The number of rotatable bonds is 6. The second kappa shape index (κ2) is 14.8. The van der Waals surface area contributed by atoms with E-state index >= 15 is 0 Å². The molecule has 1 amide bonds. The SMILES string of the molecule is C/C=C(/N)n1nccc1N(C)C.CC.CCc1ccc(-c2ccc(C(=O)NC3CCCC3)cc2)cc1. The zero-order chi connectivity index (χ0) is 26.5. The molecule has 3 aromatic rings. The first-order valence-electron chi connectivity index (χ1n) is 13.1. The first-order chi connectivity index (χ1) is 17.4. The summed E-state index contributed by atoms with van der Waals surface area (Å²) < 4.78 is 1.69. The quantitative estimate of drug-likeness (QED) is 0.423. The van der Waals surface area contributed by atoms with Crippen molar-refractivity contribution in [1.29, 1.82) is 0 Å². The number of aromatic nitrogens is 2. The first kappa shape index (κ1) is 28.7. The highest BCUT2D eigenvalue weighted by atomic mass is 16.1. The molecule has 0 spiro atoms. The lowest BCUT2D eigenvalue weighted by Crippen LogP contribution is -2.32. The van der Waals surface area contributed by atoms with Crippen LogP contribution < -0.4 is 16.0 Å². The van der Waals surface area contributed by atoms with Crippen molar-refractivity contribution in [1.82, 2.24) is 15.1 Å². The Bertz CT molecular complexity index is 1080. The van der Waals surface area contributed by atoms with Crippen LogP contribution in [0.25, 0.3) is 16.9 Å². The molecule has 1 aromatic heterocycles. The molecule has 2 aromatic carbocycles. The second-order valence-electron chi connectivity index (χ2n) is 8.79. The second-order valence-corrected chi connectivity index (χ2v) is 8.79. The highest BCUT2D eigenvalue weighted by molar-refractivity contribution is 5.94. The summed E-state index contributed by atoms with van der Waals surface area (Å²) in [6.45, 7) is 8.04. The van der Waals surface area contributed by atoms with Crippen molar-refractivity contribution in [3.63, 3.8) is 0 Å². The van der Waals surface area contributed by atoms with Gasteiger partial charge in [-0.05, 0) is 61.1 Å². The zero-order valence-corrected chi connectivity index (χ0v) is 22.8. The van der Waals surface area contributed by atoms with Crippen LogP contribution in [0.1, 0.15) is 69.3 Å². The third-order valence-corrected chi connectivity index (χ3v) is 6.15. The average molecular weight is 490 g/mol. The number of amides is 1. The largest absolute Gasteiger partial charge is 0.384 e. The van der Waals surface area contributed by atoms with Gasteiger partial charge in [-0.1, -0.05) is 70.0 Å². The van der Waals surface area contributed by atoms with Crippen molar-refractivity contribution in [2.45, 2.75) is 65.8 Å². The number of hydrogen-bond donors (Lipinski definition) is 2. The molecule has 1 fully saturated rings. The molecule has 6 nitrogen and oxygen atoms in total. The Morgan fingerprint density at radius 2 is 1.58 bits per heavy atom. The molecule has 4 rings (SSSR count). The lowest BCUT2D eigenvalue weighted by molar-refractivity contribution is 0.0938. The minimum Gasteiger partial charge on any atom is -0.384 e. The fraction of sp³-hybridized carbons (Fsp3) is 0.400. The molecular weight excluding hydrogens is 446 g/mol. The topological polar surface area (TPSA) is 76.2 Å². The van der Waals surface area contributed by atoms with E-state index < -0.39 is 0 Å². The van der Waals surface area contributed by atoms with E-state index in [1.54, 1.807) is 10.9 Å². The molecule has 1 saturated carbocycles. The molecule has 0 aliphatic heterocycles. The minimum atomic E-state index is 0.0554. The van der Waals surface area contributed by atoms with Gasteiger partial charge in [0.2, 0.25) is 0 Å². The number of nitrogens with two attached hydrogens (primary N) is 1. The molecule has 1 heterocycles. The molecule has 1 aliphatic carbocycles. The molecule has 0 atom stereocenters. The summed E-state index contributed by atoms with van der Waals surface area (Å²) in [5.74, 6) is 1.68. The van der Waals surface area contributed by atoms with E-state index in [1.165, 1.54) is 24.0 Å². The summed E-state index contributed by atoms with van der Waals surface area (Å²) >= 11 is 0. The number of allylic oxidation sites excluding steroid dienone is 1. The fourth-order valence-electron chi connectivity index (χ4n) is 4.04. The van der Waals surface area contributed by atoms with Gasteiger partial charge in [0.1, 0.15) is 11.6 Å². The number of anilines is 1. The van der Waals surface area contributed by atoms with Crippen LogP contribution >= 0.6 is 0 Å². The summed E-state index contributed by atoms with van der Waals surface area (Å²) in [5, 5.41) is 7.22. The van der Waals surface area contributed by atoms with Gasteiger partial charge in [-0.25, -0.2) is 4.68 Å². The Kier molecular flexibility index (Phi) is 11.8. The van der Waals surface area contributed by atoms with Crippen LogP contribution in [0.5, 0.6) is 0 Å². The number of benzene rings is 2. The first-order valence-corrected chi connectivity index (χ1v) is 13.1.